The van der Waals surface area contributed by atoms with Gasteiger partial charge in [-0.25, -0.2) is 0 Å². The maximum absolute atomic E-state index is 9.56. The molecule has 0 aliphatic carbocycles. The molecule has 0 aliphatic heterocycles. The van der Waals surface area contributed by atoms with Crippen LogP contribution in [0.4, 0.5) is 0 Å². The molecule has 0 bridgehead atoms. The Labute approximate surface area is 117 Å². The Balaban J connectivity index is 3.18. The Morgan fingerprint density at radius 3 is 1.42 bits per heavy atom. The fourth-order valence-electron chi connectivity index (χ4n) is 1.64. The van der Waals surface area contributed by atoms with Gasteiger partial charge in [0.25, 0.3) is 0 Å². The van der Waals surface area contributed by atoms with Gasteiger partial charge in [-0.05, 0) is 32.6 Å². The van der Waals surface area contributed by atoms with Crippen molar-refractivity contribution in [2.45, 2.75) is 32.5 Å². The van der Waals surface area contributed by atoms with Crippen LogP contribution in [0.5, 0.6) is 0 Å². The number of nitrogens with one attached hydrogen (secondary N) is 4. The highest BCUT2D eigenvalue weighted by Gasteiger charge is 2.02. The third-order valence-electron chi connectivity index (χ3n) is 2.73. The van der Waals surface area contributed by atoms with Crippen molar-refractivity contribution < 1.29 is 10.2 Å². The molecule has 0 heterocycles. The number of aliphatic hydroxyl groups excluding tert-OH is 2. The van der Waals surface area contributed by atoms with Gasteiger partial charge in [0.15, 0.2) is 0 Å². The Kier molecular flexibility index (Phi) is 14.0. The minimum atomic E-state index is -0.324. The second-order valence-corrected chi connectivity index (χ2v) is 4.68. The van der Waals surface area contributed by atoms with Crippen LogP contribution >= 0.6 is 0 Å². The zero-order valence-electron chi connectivity index (χ0n) is 12.4. The average Bonchev–Trinajstić information content (AvgIpc) is 2.41. The van der Waals surface area contributed by atoms with E-state index in [1.807, 2.05) is 13.8 Å². The highest BCUT2D eigenvalue weighted by molar-refractivity contribution is 4.64. The second kappa shape index (κ2) is 14.2. The van der Waals surface area contributed by atoms with Crippen molar-refractivity contribution >= 4 is 0 Å². The van der Waals surface area contributed by atoms with Crippen LogP contribution in [0.3, 0.4) is 0 Å². The summed E-state index contributed by atoms with van der Waals surface area (Å²) in [6.45, 7) is 10.1. The normalized spacial score (nSPS) is 14.5. The smallest absolute Gasteiger partial charge is 0.0788 e. The molecule has 0 aliphatic rings. The summed E-state index contributed by atoms with van der Waals surface area (Å²) in [6.07, 6.45) is 0.340. The summed E-state index contributed by atoms with van der Waals surface area (Å²) >= 11 is 0. The molecule has 0 aromatic carbocycles. The summed E-state index contributed by atoms with van der Waals surface area (Å²) < 4.78 is 0. The molecular weight excluding hydrogens is 244 g/mol. The van der Waals surface area contributed by atoms with Crippen LogP contribution < -0.4 is 21.3 Å². The van der Waals surface area contributed by atoms with Gasteiger partial charge in [0, 0.05) is 26.2 Å². The topological polar surface area (TPSA) is 88.6 Å². The van der Waals surface area contributed by atoms with E-state index in [1.165, 1.54) is 0 Å². The summed E-state index contributed by atoms with van der Waals surface area (Å²) in [6, 6.07) is 0. The first-order chi connectivity index (χ1) is 9.20. The molecule has 0 radical (unpaired) electrons. The first kappa shape index (κ1) is 18.8. The van der Waals surface area contributed by atoms with Crippen LogP contribution in [-0.2, 0) is 0 Å². The summed E-state index contributed by atoms with van der Waals surface area (Å²) in [5.74, 6) is 0. The molecule has 0 spiro atoms. The van der Waals surface area contributed by atoms with Crippen LogP contribution in [0.1, 0.15) is 20.3 Å². The van der Waals surface area contributed by atoms with Gasteiger partial charge < -0.3 is 31.5 Å². The van der Waals surface area contributed by atoms with Crippen molar-refractivity contribution in [2.75, 3.05) is 52.4 Å². The molecule has 0 saturated carbocycles. The summed E-state index contributed by atoms with van der Waals surface area (Å²) in [4.78, 5) is 0. The third kappa shape index (κ3) is 14.0. The number of hydrogen-bond donors (Lipinski definition) is 6. The lowest BCUT2D eigenvalue weighted by atomic mass is 10.3. The Hall–Kier alpha value is -0.240. The summed E-state index contributed by atoms with van der Waals surface area (Å²) in [7, 11) is 0. The molecule has 6 N–H and O–H groups in total. The van der Waals surface area contributed by atoms with Gasteiger partial charge in [-0.2, -0.15) is 0 Å². The van der Waals surface area contributed by atoms with E-state index in [9.17, 15) is 10.2 Å². The van der Waals surface area contributed by atoms with Gasteiger partial charge >= 0.3 is 0 Å². The van der Waals surface area contributed by atoms with E-state index in [2.05, 4.69) is 21.3 Å². The van der Waals surface area contributed by atoms with Crippen molar-refractivity contribution in [3.8, 4) is 0 Å². The van der Waals surface area contributed by atoms with Crippen LogP contribution in [-0.4, -0.2) is 74.8 Å². The third-order valence-corrected chi connectivity index (χ3v) is 2.73. The molecule has 0 amide bonds. The maximum Gasteiger partial charge on any atom is 0.0788 e. The number of aliphatic hydroxyl groups is 2. The van der Waals surface area contributed by atoms with Gasteiger partial charge in [0.1, 0.15) is 0 Å². The number of likely N-dealkylation sites (N-methyl/N-ethyl adjacent to an activating group) is 2. The standard InChI is InChI=1S/C13H32N4O2/c1-3-14-8-12(18)10-16-6-5-7-17-11-13(19)9-15-4-2/h12-19H,3-11H2,1-2H3/t12-,13-/m1/s1. The molecule has 19 heavy (non-hydrogen) atoms. The van der Waals surface area contributed by atoms with E-state index in [-0.39, 0.29) is 12.2 Å². The van der Waals surface area contributed by atoms with E-state index in [0.717, 1.165) is 32.6 Å². The molecule has 0 unspecified atom stereocenters. The van der Waals surface area contributed by atoms with Gasteiger partial charge in [0.2, 0.25) is 0 Å². The SMILES string of the molecule is CCNC[C@@H](O)CNCCCNC[C@H](O)CNCC. The highest BCUT2D eigenvalue weighted by Crippen LogP contribution is 1.81. The Morgan fingerprint density at radius 1 is 0.684 bits per heavy atom. The molecule has 0 aromatic heterocycles. The predicted molar refractivity (Wildman–Crippen MR) is 79.5 cm³/mol. The molecule has 0 fully saturated rings. The summed E-state index contributed by atoms with van der Waals surface area (Å²) in [5, 5.41) is 31.7. The monoisotopic (exact) mass is 276 g/mol. The van der Waals surface area contributed by atoms with Crippen LogP contribution in [0.25, 0.3) is 0 Å². The second-order valence-electron chi connectivity index (χ2n) is 4.68. The quantitative estimate of drug-likeness (QED) is 0.216. The van der Waals surface area contributed by atoms with E-state index >= 15 is 0 Å². The molecule has 0 rings (SSSR count). The van der Waals surface area contributed by atoms with Crippen LogP contribution in [0.2, 0.25) is 0 Å². The molecule has 0 aromatic rings. The van der Waals surface area contributed by atoms with Crippen molar-refractivity contribution in [3.05, 3.63) is 0 Å². The lowest BCUT2D eigenvalue weighted by Gasteiger charge is -2.13. The van der Waals surface area contributed by atoms with E-state index < -0.39 is 0 Å². The highest BCUT2D eigenvalue weighted by atomic mass is 16.3. The van der Waals surface area contributed by atoms with Crippen LogP contribution in [0, 0.1) is 0 Å². The fourth-order valence-corrected chi connectivity index (χ4v) is 1.64. The number of rotatable bonds is 14. The molecule has 6 nitrogen and oxygen atoms in total. The lowest BCUT2D eigenvalue weighted by Crippen LogP contribution is -2.37. The van der Waals surface area contributed by atoms with E-state index in [4.69, 9.17) is 0 Å². The fraction of sp³-hybridized carbons (Fsp3) is 1.00. The zero-order chi connectivity index (χ0) is 14.3. The first-order valence-corrected chi connectivity index (χ1v) is 7.39. The van der Waals surface area contributed by atoms with E-state index in [1.54, 1.807) is 0 Å². The molecular formula is C13H32N4O2. The predicted octanol–water partition coefficient (Wildman–Crippen LogP) is -1.50. The van der Waals surface area contributed by atoms with Gasteiger partial charge in [-0.3, -0.25) is 0 Å². The molecule has 6 heteroatoms. The minimum Gasteiger partial charge on any atom is -0.390 e. The van der Waals surface area contributed by atoms with Gasteiger partial charge in [-0.15, -0.1) is 0 Å². The van der Waals surface area contributed by atoms with E-state index in [0.29, 0.717) is 26.2 Å². The molecule has 0 saturated heterocycles. The Morgan fingerprint density at radius 2 is 1.05 bits per heavy atom. The minimum absolute atomic E-state index is 0.324. The van der Waals surface area contributed by atoms with Gasteiger partial charge in [-0.1, -0.05) is 13.8 Å². The maximum atomic E-state index is 9.56. The zero-order valence-corrected chi connectivity index (χ0v) is 12.4. The van der Waals surface area contributed by atoms with Crippen molar-refractivity contribution in [1.82, 2.24) is 21.3 Å². The average molecular weight is 276 g/mol. The van der Waals surface area contributed by atoms with Crippen molar-refractivity contribution in [2.24, 2.45) is 0 Å². The van der Waals surface area contributed by atoms with Crippen molar-refractivity contribution in [3.63, 3.8) is 0 Å². The Bertz CT molecular complexity index is 166. The molecule has 116 valence electrons. The first-order valence-electron chi connectivity index (χ1n) is 7.39. The van der Waals surface area contributed by atoms with Crippen molar-refractivity contribution in [1.29, 1.82) is 0 Å². The van der Waals surface area contributed by atoms with Crippen LogP contribution in [0.15, 0.2) is 0 Å². The lowest BCUT2D eigenvalue weighted by molar-refractivity contribution is 0.167. The molecule has 2 atom stereocenters. The largest absolute Gasteiger partial charge is 0.390 e. The van der Waals surface area contributed by atoms with Gasteiger partial charge in [0.05, 0.1) is 12.2 Å². The summed E-state index contributed by atoms with van der Waals surface area (Å²) in [5.41, 5.74) is 0. The number of hydrogen-bond acceptors (Lipinski definition) is 6.